The van der Waals surface area contributed by atoms with Crippen LogP contribution in [-0.2, 0) is 12.8 Å². The van der Waals surface area contributed by atoms with Crippen LogP contribution in [0.1, 0.15) is 26.3 Å². The fourth-order valence-corrected chi connectivity index (χ4v) is 3.38. The summed E-state index contributed by atoms with van der Waals surface area (Å²) in [6.45, 7) is 0. The Morgan fingerprint density at radius 2 is 1.55 bits per heavy atom. The molecular formula is C21H18ClN3O3S. The second kappa shape index (κ2) is 9.45. The van der Waals surface area contributed by atoms with Gasteiger partial charge in [-0.25, -0.2) is 0 Å². The lowest BCUT2D eigenvalue weighted by molar-refractivity contribution is 0.0846. The molecule has 0 bridgehead atoms. The molecule has 2 aromatic carbocycles. The van der Waals surface area contributed by atoms with Crippen molar-refractivity contribution in [1.82, 2.24) is 15.4 Å². The number of nitrogens with one attached hydrogen (secondary N) is 2. The van der Waals surface area contributed by atoms with Gasteiger partial charge in [0.15, 0.2) is 0 Å². The van der Waals surface area contributed by atoms with Crippen LogP contribution in [0, 0.1) is 0 Å². The average molecular weight is 428 g/mol. The third kappa shape index (κ3) is 5.73. The van der Waals surface area contributed by atoms with Crippen molar-refractivity contribution in [3.05, 3.63) is 98.9 Å². The molecule has 0 aliphatic heterocycles. The quantitative estimate of drug-likeness (QED) is 0.483. The molecule has 29 heavy (non-hydrogen) atoms. The number of nitrogens with zero attached hydrogens (tertiary/aromatic N) is 1. The number of carbonyl (C=O) groups excluding carboxylic acids is 2. The molecule has 0 atom stereocenters. The van der Waals surface area contributed by atoms with E-state index in [1.165, 1.54) is 22.9 Å². The summed E-state index contributed by atoms with van der Waals surface area (Å²) >= 11 is 7.55. The van der Waals surface area contributed by atoms with Gasteiger partial charge in [-0.15, -0.1) is 11.8 Å². The summed E-state index contributed by atoms with van der Waals surface area (Å²) in [5.74, 6) is -0.255. The van der Waals surface area contributed by atoms with E-state index in [-0.39, 0.29) is 11.1 Å². The first-order chi connectivity index (χ1) is 13.9. The number of pyridine rings is 1. The fraction of sp³-hybridized carbons (Fsp3) is 0.0952. The van der Waals surface area contributed by atoms with Gasteiger partial charge in [0.2, 0.25) is 0 Å². The largest absolute Gasteiger partial charge is 0.319 e. The van der Waals surface area contributed by atoms with Gasteiger partial charge in [0.05, 0.1) is 0 Å². The van der Waals surface area contributed by atoms with Crippen LogP contribution in [-0.4, -0.2) is 16.4 Å². The average Bonchev–Trinajstić information content (AvgIpc) is 2.73. The summed E-state index contributed by atoms with van der Waals surface area (Å²) in [5.41, 5.74) is 5.99. The predicted octanol–water partition coefficient (Wildman–Crippen LogP) is 3.41. The molecular weight excluding hydrogens is 410 g/mol. The Hall–Kier alpha value is -3.03. The lowest BCUT2D eigenvalue weighted by atomic mass is 10.1. The van der Waals surface area contributed by atoms with Crippen LogP contribution >= 0.6 is 23.4 Å². The number of carbonyl (C=O) groups is 2. The van der Waals surface area contributed by atoms with E-state index in [4.69, 9.17) is 11.6 Å². The lowest BCUT2D eigenvalue weighted by Crippen LogP contribution is -2.42. The fourth-order valence-electron chi connectivity index (χ4n) is 2.40. The van der Waals surface area contributed by atoms with E-state index >= 15 is 0 Å². The minimum atomic E-state index is -0.563. The van der Waals surface area contributed by atoms with Crippen molar-refractivity contribution in [3.8, 4) is 0 Å². The number of aryl methyl sites for hydroxylation is 1. The van der Waals surface area contributed by atoms with Gasteiger partial charge in [-0.2, -0.15) is 0 Å². The Kier molecular flexibility index (Phi) is 6.74. The van der Waals surface area contributed by atoms with Crippen molar-refractivity contribution < 1.29 is 9.59 Å². The molecule has 0 radical (unpaired) electrons. The smallest absolute Gasteiger partial charge is 0.269 e. The first-order valence-corrected chi connectivity index (χ1v) is 10.0. The van der Waals surface area contributed by atoms with Gasteiger partial charge in [-0.1, -0.05) is 23.7 Å². The standard InChI is InChI=1S/C21H18ClN3O3S/c1-25-11-10-16(12-19(25)26)21(28)24-23-20(27)15-4-2-14(3-5-15)13-29-18-8-6-17(22)7-9-18/h2-12H,13H2,1H3,(H,23,27)(H,24,28). The zero-order valence-corrected chi connectivity index (χ0v) is 17.1. The van der Waals surface area contributed by atoms with Crippen LogP contribution in [0.15, 0.2) is 76.6 Å². The normalized spacial score (nSPS) is 10.4. The topological polar surface area (TPSA) is 80.2 Å². The van der Waals surface area contributed by atoms with Crippen LogP contribution in [0.3, 0.4) is 0 Å². The number of benzene rings is 2. The van der Waals surface area contributed by atoms with E-state index < -0.39 is 11.8 Å². The van der Waals surface area contributed by atoms with Crippen molar-refractivity contribution in [2.45, 2.75) is 10.6 Å². The zero-order chi connectivity index (χ0) is 20.8. The third-order valence-corrected chi connectivity index (χ3v) is 5.43. The molecule has 0 spiro atoms. The Morgan fingerprint density at radius 3 is 2.17 bits per heavy atom. The van der Waals surface area contributed by atoms with E-state index in [0.717, 1.165) is 16.2 Å². The van der Waals surface area contributed by atoms with Crippen LogP contribution in [0.25, 0.3) is 0 Å². The third-order valence-electron chi connectivity index (χ3n) is 4.09. The SMILES string of the molecule is Cn1ccc(C(=O)NNC(=O)c2ccc(CSc3ccc(Cl)cc3)cc2)cc1=O. The van der Waals surface area contributed by atoms with Crippen LogP contribution in [0.2, 0.25) is 5.02 Å². The zero-order valence-electron chi connectivity index (χ0n) is 15.5. The number of amides is 2. The van der Waals surface area contributed by atoms with Gasteiger partial charge < -0.3 is 4.57 Å². The van der Waals surface area contributed by atoms with Gasteiger partial charge >= 0.3 is 0 Å². The van der Waals surface area contributed by atoms with E-state index in [0.29, 0.717) is 10.6 Å². The minimum absolute atomic E-state index is 0.169. The highest BCUT2D eigenvalue weighted by Gasteiger charge is 2.10. The second-order valence-electron chi connectivity index (χ2n) is 6.21. The Labute approximate surface area is 176 Å². The molecule has 2 amide bonds. The molecule has 3 aromatic rings. The van der Waals surface area contributed by atoms with E-state index in [1.807, 2.05) is 36.4 Å². The minimum Gasteiger partial charge on any atom is -0.319 e. The molecule has 1 heterocycles. The number of rotatable bonds is 5. The number of halogens is 1. The monoisotopic (exact) mass is 427 g/mol. The van der Waals surface area contributed by atoms with Crippen molar-refractivity contribution in [2.24, 2.45) is 7.05 Å². The highest BCUT2D eigenvalue weighted by Crippen LogP contribution is 2.24. The first-order valence-electron chi connectivity index (χ1n) is 8.67. The Balaban J connectivity index is 1.53. The summed E-state index contributed by atoms with van der Waals surface area (Å²) in [7, 11) is 1.59. The van der Waals surface area contributed by atoms with Gasteiger partial charge in [0.1, 0.15) is 0 Å². The summed E-state index contributed by atoms with van der Waals surface area (Å²) in [6.07, 6.45) is 1.49. The van der Waals surface area contributed by atoms with E-state index in [9.17, 15) is 14.4 Å². The molecule has 6 nitrogen and oxygen atoms in total. The summed E-state index contributed by atoms with van der Waals surface area (Å²) in [6, 6.07) is 17.4. The van der Waals surface area contributed by atoms with E-state index in [1.54, 1.807) is 30.9 Å². The van der Waals surface area contributed by atoms with Gasteiger partial charge in [0.25, 0.3) is 17.4 Å². The molecule has 0 saturated heterocycles. The predicted molar refractivity (Wildman–Crippen MR) is 114 cm³/mol. The molecule has 0 saturated carbocycles. The number of hydrogen-bond donors (Lipinski definition) is 2. The molecule has 2 N–H and O–H groups in total. The highest BCUT2D eigenvalue weighted by molar-refractivity contribution is 7.98. The van der Waals surface area contributed by atoms with Crippen molar-refractivity contribution in [1.29, 1.82) is 0 Å². The number of thioether (sulfide) groups is 1. The lowest BCUT2D eigenvalue weighted by Gasteiger charge is -2.08. The highest BCUT2D eigenvalue weighted by atomic mass is 35.5. The molecule has 8 heteroatoms. The van der Waals surface area contributed by atoms with Gasteiger partial charge in [-0.05, 0) is 48.0 Å². The van der Waals surface area contributed by atoms with Gasteiger partial charge in [0, 0.05) is 46.1 Å². The van der Waals surface area contributed by atoms with Gasteiger partial charge in [-0.3, -0.25) is 25.2 Å². The second-order valence-corrected chi connectivity index (χ2v) is 7.70. The van der Waals surface area contributed by atoms with Crippen LogP contribution < -0.4 is 16.4 Å². The van der Waals surface area contributed by atoms with E-state index in [2.05, 4.69) is 10.9 Å². The first kappa shape index (κ1) is 20.7. The molecule has 3 rings (SSSR count). The summed E-state index contributed by atoms with van der Waals surface area (Å²) < 4.78 is 1.35. The number of hydrogen-bond acceptors (Lipinski definition) is 4. The Morgan fingerprint density at radius 1 is 0.931 bits per heavy atom. The summed E-state index contributed by atoms with van der Waals surface area (Å²) in [4.78, 5) is 37.0. The van der Waals surface area contributed by atoms with Crippen LogP contribution in [0.5, 0.6) is 0 Å². The maximum atomic E-state index is 12.2. The Bertz CT molecular complexity index is 1080. The molecule has 148 valence electrons. The molecule has 1 aromatic heterocycles. The maximum Gasteiger partial charge on any atom is 0.269 e. The van der Waals surface area contributed by atoms with Crippen molar-refractivity contribution in [3.63, 3.8) is 0 Å². The van der Waals surface area contributed by atoms with Crippen molar-refractivity contribution >= 4 is 35.2 Å². The molecule has 0 fully saturated rings. The molecule has 0 aliphatic rings. The number of hydrazine groups is 1. The van der Waals surface area contributed by atoms with Crippen molar-refractivity contribution in [2.75, 3.05) is 0 Å². The van der Waals surface area contributed by atoms with Crippen LogP contribution in [0.4, 0.5) is 0 Å². The summed E-state index contributed by atoms with van der Waals surface area (Å²) in [5, 5.41) is 0.701. The number of aromatic nitrogens is 1. The molecule has 0 unspecified atom stereocenters. The maximum absolute atomic E-state index is 12.2. The molecule has 0 aliphatic carbocycles.